The van der Waals surface area contributed by atoms with E-state index < -0.39 is 0 Å². The van der Waals surface area contributed by atoms with E-state index in [0.717, 1.165) is 4.47 Å². The summed E-state index contributed by atoms with van der Waals surface area (Å²) >= 11 is 16.0. The molecule has 2 aromatic carbocycles. The predicted octanol–water partition coefficient (Wildman–Crippen LogP) is 5.23. The molecule has 9 heteroatoms. The van der Waals surface area contributed by atoms with Crippen molar-refractivity contribution in [3.8, 4) is 17.2 Å². The summed E-state index contributed by atoms with van der Waals surface area (Å²) in [6.45, 7) is 0. The minimum Gasteiger partial charge on any atom is -0.502 e. The first-order valence-electron chi connectivity index (χ1n) is 7.53. The molecule has 0 aliphatic carbocycles. The quantitative estimate of drug-likeness (QED) is 0.472. The number of amides is 1. The lowest BCUT2D eigenvalue weighted by atomic mass is 10.1. The number of thiocarbonyl (C=S) groups is 1. The van der Waals surface area contributed by atoms with Crippen LogP contribution in [0.15, 0.2) is 39.7 Å². The third-order valence-electron chi connectivity index (χ3n) is 3.75. The SMILES string of the molecule is COc1cc(/C=C2/SC(=S)N(c3ccc(Br)c(Cl)c3)C2=O)cc(OC)c1O. The molecule has 1 aliphatic heterocycles. The number of aromatic hydroxyl groups is 1. The molecule has 3 rings (SSSR count). The number of carbonyl (C=O) groups excluding carboxylic acids is 1. The molecule has 0 spiro atoms. The fraction of sp³-hybridized carbons (Fsp3) is 0.111. The molecule has 27 heavy (non-hydrogen) atoms. The van der Waals surface area contributed by atoms with Crippen LogP contribution in [0.1, 0.15) is 5.56 Å². The van der Waals surface area contributed by atoms with Crippen LogP contribution in [0, 0.1) is 0 Å². The van der Waals surface area contributed by atoms with Crippen LogP contribution >= 0.6 is 51.5 Å². The molecular formula is C18H13BrClNO4S2. The van der Waals surface area contributed by atoms with E-state index in [1.165, 1.54) is 30.9 Å². The van der Waals surface area contributed by atoms with E-state index >= 15 is 0 Å². The lowest BCUT2D eigenvalue weighted by Crippen LogP contribution is -2.27. The Kier molecular flexibility index (Phi) is 6.00. The van der Waals surface area contributed by atoms with Gasteiger partial charge in [0.2, 0.25) is 5.75 Å². The number of ether oxygens (including phenoxy) is 2. The van der Waals surface area contributed by atoms with Gasteiger partial charge in [0, 0.05) is 4.47 Å². The third-order valence-corrected chi connectivity index (χ3v) is 6.29. The molecule has 1 amide bonds. The highest BCUT2D eigenvalue weighted by Gasteiger charge is 2.33. The van der Waals surface area contributed by atoms with E-state index in [1.807, 2.05) is 0 Å². The van der Waals surface area contributed by atoms with Crippen molar-refractivity contribution < 1.29 is 19.4 Å². The number of methoxy groups -OCH3 is 2. The molecule has 1 heterocycles. The van der Waals surface area contributed by atoms with Crippen molar-refractivity contribution in [1.29, 1.82) is 0 Å². The van der Waals surface area contributed by atoms with Gasteiger partial charge in [-0.15, -0.1) is 0 Å². The minimum atomic E-state index is -0.255. The van der Waals surface area contributed by atoms with Crippen molar-refractivity contribution in [2.75, 3.05) is 19.1 Å². The molecule has 1 N–H and O–H groups in total. The summed E-state index contributed by atoms with van der Waals surface area (Å²) in [7, 11) is 2.88. The number of nitrogens with zero attached hydrogens (tertiary/aromatic N) is 1. The van der Waals surface area contributed by atoms with E-state index in [-0.39, 0.29) is 23.2 Å². The lowest BCUT2D eigenvalue weighted by molar-refractivity contribution is -0.113. The fourth-order valence-corrected chi connectivity index (χ4v) is 4.18. The monoisotopic (exact) mass is 485 g/mol. The van der Waals surface area contributed by atoms with Gasteiger partial charge in [0.25, 0.3) is 5.91 Å². The van der Waals surface area contributed by atoms with Crippen molar-refractivity contribution in [2.24, 2.45) is 0 Å². The molecule has 140 valence electrons. The highest BCUT2D eigenvalue weighted by molar-refractivity contribution is 9.10. The Morgan fingerprint density at radius 2 is 1.85 bits per heavy atom. The van der Waals surface area contributed by atoms with Gasteiger partial charge >= 0.3 is 0 Å². The first-order valence-corrected chi connectivity index (χ1v) is 9.93. The Balaban J connectivity index is 1.98. The Morgan fingerprint density at radius 3 is 2.41 bits per heavy atom. The molecule has 2 aromatic rings. The average molecular weight is 487 g/mol. The van der Waals surface area contributed by atoms with E-state index in [0.29, 0.717) is 25.5 Å². The zero-order chi connectivity index (χ0) is 19.7. The fourth-order valence-electron chi connectivity index (χ4n) is 2.46. The van der Waals surface area contributed by atoms with Crippen molar-refractivity contribution in [1.82, 2.24) is 0 Å². The molecule has 0 radical (unpaired) electrons. The number of anilines is 1. The molecule has 0 bridgehead atoms. The number of benzene rings is 2. The summed E-state index contributed by atoms with van der Waals surface area (Å²) in [6, 6.07) is 8.42. The summed E-state index contributed by atoms with van der Waals surface area (Å²) in [4.78, 5) is 14.7. The maximum atomic E-state index is 12.9. The molecule has 0 unspecified atom stereocenters. The van der Waals surface area contributed by atoms with Gasteiger partial charge in [0.15, 0.2) is 15.8 Å². The van der Waals surface area contributed by atoms with Crippen molar-refractivity contribution in [3.05, 3.63) is 50.3 Å². The van der Waals surface area contributed by atoms with Crippen LogP contribution in [0.3, 0.4) is 0 Å². The Bertz CT molecular complexity index is 955. The average Bonchev–Trinajstić information content (AvgIpc) is 2.92. The van der Waals surface area contributed by atoms with Gasteiger partial charge in [0.1, 0.15) is 0 Å². The Labute approximate surface area is 179 Å². The van der Waals surface area contributed by atoms with Crippen LogP contribution in [0.25, 0.3) is 6.08 Å². The molecule has 0 saturated carbocycles. The van der Waals surface area contributed by atoms with Gasteiger partial charge in [-0.3, -0.25) is 9.69 Å². The summed E-state index contributed by atoms with van der Waals surface area (Å²) < 4.78 is 11.4. The number of phenolic OH excluding ortho intramolecular Hbond substituents is 1. The van der Waals surface area contributed by atoms with Crippen LogP contribution in [-0.4, -0.2) is 29.6 Å². The highest BCUT2D eigenvalue weighted by atomic mass is 79.9. The molecular weight excluding hydrogens is 474 g/mol. The van der Waals surface area contributed by atoms with Gasteiger partial charge in [-0.25, -0.2) is 0 Å². The van der Waals surface area contributed by atoms with Crippen LogP contribution < -0.4 is 14.4 Å². The number of hydrogen-bond donors (Lipinski definition) is 1. The Hall–Kier alpha value is -1.74. The van der Waals surface area contributed by atoms with E-state index in [4.69, 9.17) is 33.3 Å². The van der Waals surface area contributed by atoms with Gasteiger partial charge in [0.05, 0.1) is 29.8 Å². The number of carbonyl (C=O) groups is 1. The molecule has 0 aromatic heterocycles. The number of hydrogen-bond acceptors (Lipinski definition) is 6. The molecule has 1 aliphatic rings. The van der Waals surface area contributed by atoms with Gasteiger partial charge in [-0.05, 0) is 57.9 Å². The normalized spacial score (nSPS) is 15.6. The third kappa shape index (κ3) is 3.94. The smallest absolute Gasteiger partial charge is 0.270 e. The zero-order valence-electron chi connectivity index (χ0n) is 14.2. The highest BCUT2D eigenvalue weighted by Crippen LogP contribution is 2.41. The lowest BCUT2D eigenvalue weighted by Gasteiger charge is -2.15. The van der Waals surface area contributed by atoms with Crippen LogP contribution in [0.2, 0.25) is 5.02 Å². The second kappa shape index (κ2) is 8.10. The predicted molar refractivity (Wildman–Crippen MR) is 116 cm³/mol. The summed E-state index contributed by atoms with van der Waals surface area (Å²) in [5.41, 5.74) is 1.23. The maximum absolute atomic E-state index is 12.9. The molecule has 1 saturated heterocycles. The van der Waals surface area contributed by atoms with Gasteiger partial charge < -0.3 is 14.6 Å². The second-order valence-corrected chi connectivity index (χ2v) is 8.33. The summed E-state index contributed by atoms with van der Waals surface area (Å²) in [6.07, 6.45) is 1.67. The first-order chi connectivity index (χ1) is 12.8. The summed E-state index contributed by atoms with van der Waals surface area (Å²) in [5.74, 6) is 0.134. The van der Waals surface area contributed by atoms with E-state index in [9.17, 15) is 9.90 Å². The van der Waals surface area contributed by atoms with Gasteiger partial charge in [-0.1, -0.05) is 35.6 Å². The second-order valence-electron chi connectivity index (χ2n) is 5.39. The maximum Gasteiger partial charge on any atom is 0.270 e. The van der Waals surface area contributed by atoms with E-state index in [2.05, 4.69) is 15.9 Å². The molecule has 0 atom stereocenters. The molecule has 5 nitrogen and oxygen atoms in total. The largest absolute Gasteiger partial charge is 0.502 e. The van der Waals surface area contributed by atoms with Crippen molar-refractivity contribution in [2.45, 2.75) is 0 Å². The number of halogens is 2. The minimum absolute atomic E-state index is 0.103. The topological polar surface area (TPSA) is 59.0 Å². The van der Waals surface area contributed by atoms with Gasteiger partial charge in [-0.2, -0.15) is 0 Å². The van der Waals surface area contributed by atoms with Crippen LogP contribution in [0.5, 0.6) is 17.2 Å². The van der Waals surface area contributed by atoms with Crippen LogP contribution in [0.4, 0.5) is 5.69 Å². The molecule has 1 fully saturated rings. The summed E-state index contributed by atoms with van der Waals surface area (Å²) in [5, 5.41) is 10.5. The van der Waals surface area contributed by atoms with Crippen molar-refractivity contribution >= 4 is 73.5 Å². The number of thioether (sulfide) groups is 1. The van der Waals surface area contributed by atoms with Crippen LogP contribution in [-0.2, 0) is 4.79 Å². The standard InChI is InChI=1S/C18H13BrClNO4S2/c1-24-13-5-9(6-14(25-2)16(13)22)7-15-17(23)21(18(26)27-15)10-3-4-11(19)12(20)8-10/h3-8,22H,1-2H3/b15-7+. The number of rotatable bonds is 4. The van der Waals surface area contributed by atoms with E-state index in [1.54, 1.807) is 36.4 Å². The van der Waals surface area contributed by atoms with Crippen molar-refractivity contribution in [3.63, 3.8) is 0 Å². The Morgan fingerprint density at radius 1 is 1.22 bits per heavy atom. The number of phenols is 1. The zero-order valence-corrected chi connectivity index (χ0v) is 18.1. The first kappa shape index (κ1) is 20.0.